The lowest BCUT2D eigenvalue weighted by Crippen LogP contribution is -2.30. The summed E-state index contributed by atoms with van der Waals surface area (Å²) in [5, 5.41) is 0.843. The topological polar surface area (TPSA) is 79.2 Å². The van der Waals surface area contributed by atoms with E-state index in [1.165, 1.54) is 29.9 Å². The summed E-state index contributed by atoms with van der Waals surface area (Å²) in [5.41, 5.74) is 0.691. The monoisotopic (exact) mass is 426 g/mol. The lowest BCUT2D eigenvalue weighted by Gasteiger charge is -2.19. The maximum atomic E-state index is 12.8. The normalized spacial score (nSPS) is 10.6. The molecule has 31 heavy (non-hydrogen) atoms. The van der Waals surface area contributed by atoms with E-state index >= 15 is 0 Å². The molecule has 0 radical (unpaired) electrons. The lowest BCUT2D eigenvalue weighted by molar-refractivity contribution is 0.161. The van der Waals surface area contributed by atoms with Crippen molar-refractivity contribution in [2.45, 2.75) is 20.0 Å². The molecule has 8 nitrogen and oxygen atoms in total. The summed E-state index contributed by atoms with van der Waals surface area (Å²) in [6, 6.07) is 10.7. The van der Waals surface area contributed by atoms with Crippen LogP contribution in [0.4, 0.5) is 4.79 Å². The van der Waals surface area contributed by atoms with Gasteiger partial charge in [0.2, 0.25) is 0 Å². The van der Waals surface area contributed by atoms with E-state index in [0.29, 0.717) is 41.1 Å². The first-order valence-corrected chi connectivity index (χ1v) is 9.76. The number of aryl methyl sites for hydroxylation is 1. The van der Waals surface area contributed by atoms with Crippen molar-refractivity contribution in [3.8, 4) is 23.0 Å². The van der Waals surface area contributed by atoms with E-state index < -0.39 is 6.09 Å². The number of aromatic nitrogens is 1. The number of fused-ring (bicyclic) bond motifs is 1. The first kappa shape index (κ1) is 22.0. The van der Waals surface area contributed by atoms with Crippen LogP contribution in [-0.4, -0.2) is 43.9 Å². The van der Waals surface area contributed by atoms with E-state index in [2.05, 4.69) is 0 Å². The van der Waals surface area contributed by atoms with Gasteiger partial charge < -0.3 is 28.4 Å². The molecule has 0 aliphatic rings. The molecule has 3 rings (SSSR count). The summed E-state index contributed by atoms with van der Waals surface area (Å²) in [7, 11) is 6.24. The number of amides is 1. The molecule has 0 aliphatic heterocycles. The Hall–Kier alpha value is -3.68. The number of nitrogens with zero attached hydrogens (tertiary/aromatic N) is 2. The number of methoxy groups -OCH3 is 3. The van der Waals surface area contributed by atoms with E-state index in [1.54, 1.807) is 26.3 Å². The molecule has 1 heterocycles. The average Bonchev–Trinajstić information content (AvgIpc) is 2.79. The van der Waals surface area contributed by atoms with E-state index in [0.717, 1.165) is 5.56 Å². The van der Waals surface area contributed by atoms with Gasteiger partial charge in [-0.2, -0.15) is 0 Å². The number of hydrogen-bond donors (Lipinski definition) is 0. The second kappa shape index (κ2) is 9.42. The van der Waals surface area contributed by atoms with E-state index in [9.17, 15) is 9.59 Å². The second-order valence-corrected chi connectivity index (χ2v) is 6.91. The van der Waals surface area contributed by atoms with Gasteiger partial charge >= 0.3 is 6.09 Å². The molecule has 0 atom stereocenters. The SMILES string of the molecule is CCn1cc(OC(=O)N(C)Cc2cccc(OC)c2)c2cc(OC)c(OC)cc2c1=O. The van der Waals surface area contributed by atoms with Crippen molar-refractivity contribution in [1.82, 2.24) is 9.47 Å². The molecule has 0 saturated carbocycles. The molecule has 0 unspecified atom stereocenters. The lowest BCUT2D eigenvalue weighted by atomic mass is 10.1. The minimum Gasteiger partial charge on any atom is -0.497 e. The Balaban J connectivity index is 1.96. The van der Waals surface area contributed by atoms with Crippen molar-refractivity contribution in [1.29, 1.82) is 0 Å². The van der Waals surface area contributed by atoms with Gasteiger partial charge in [0.05, 0.1) is 32.9 Å². The van der Waals surface area contributed by atoms with Gasteiger partial charge in [-0.1, -0.05) is 12.1 Å². The van der Waals surface area contributed by atoms with Crippen molar-refractivity contribution >= 4 is 16.9 Å². The molecule has 0 bridgehead atoms. The Morgan fingerprint density at radius 1 is 0.968 bits per heavy atom. The Morgan fingerprint density at radius 3 is 2.26 bits per heavy atom. The van der Waals surface area contributed by atoms with Gasteiger partial charge in [0.25, 0.3) is 5.56 Å². The number of carbonyl (C=O) groups excluding carboxylic acids is 1. The van der Waals surface area contributed by atoms with Crippen LogP contribution in [0.1, 0.15) is 12.5 Å². The second-order valence-electron chi connectivity index (χ2n) is 6.91. The zero-order valence-electron chi connectivity index (χ0n) is 18.3. The summed E-state index contributed by atoms with van der Waals surface area (Å²) in [4.78, 5) is 27.1. The van der Waals surface area contributed by atoms with Crippen molar-refractivity contribution < 1.29 is 23.7 Å². The number of hydrogen-bond acceptors (Lipinski definition) is 6. The van der Waals surface area contributed by atoms with Gasteiger partial charge in [-0.3, -0.25) is 4.79 Å². The fourth-order valence-electron chi connectivity index (χ4n) is 3.28. The smallest absolute Gasteiger partial charge is 0.415 e. The molecule has 164 valence electrons. The van der Waals surface area contributed by atoms with Crippen LogP contribution in [0.15, 0.2) is 47.4 Å². The molecule has 3 aromatic rings. The number of pyridine rings is 1. The molecule has 0 aliphatic carbocycles. The van der Waals surface area contributed by atoms with Gasteiger partial charge in [0.15, 0.2) is 17.2 Å². The van der Waals surface area contributed by atoms with Gasteiger partial charge in [0.1, 0.15) is 5.75 Å². The van der Waals surface area contributed by atoms with Crippen LogP contribution < -0.4 is 24.5 Å². The standard InChI is InChI=1S/C23H26N2O6/c1-6-25-14-21(17-11-19(29-4)20(30-5)12-18(17)22(25)26)31-23(27)24(2)13-15-8-7-9-16(10-15)28-3/h7-12,14H,6,13H2,1-5H3. The molecule has 0 saturated heterocycles. The van der Waals surface area contributed by atoms with Crippen molar-refractivity contribution in [2.24, 2.45) is 0 Å². The zero-order valence-corrected chi connectivity index (χ0v) is 18.3. The van der Waals surface area contributed by atoms with Crippen LogP contribution in [0.5, 0.6) is 23.0 Å². The van der Waals surface area contributed by atoms with Crippen LogP contribution in [0, 0.1) is 0 Å². The maximum Gasteiger partial charge on any atom is 0.415 e. The maximum absolute atomic E-state index is 12.8. The minimum absolute atomic E-state index is 0.206. The van der Waals surface area contributed by atoms with Crippen LogP contribution in [0.25, 0.3) is 10.8 Å². The van der Waals surface area contributed by atoms with Gasteiger partial charge in [-0.05, 0) is 36.8 Å². The number of ether oxygens (including phenoxy) is 4. The molecule has 1 amide bonds. The highest BCUT2D eigenvalue weighted by atomic mass is 16.6. The molecular formula is C23H26N2O6. The third-order valence-corrected chi connectivity index (χ3v) is 4.96. The predicted octanol–water partition coefficient (Wildman–Crippen LogP) is 3.68. The summed E-state index contributed by atoms with van der Waals surface area (Å²) in [6.07, 6.45) is 0.980. The Morgan fingerprint density at radius 2 is 1.65 bits per heavy atom. The summed E-state index contributed by atoms with van der Waals surface area (Å²) < 4.78 is 23.1. The highest BCUT2D eigenvalue weighted by Crippen LogP contribution is 2.35. The van der Waals surface area contributed by atoms with Crippen LogP contribution in [0.2, 0.25) is 0 Å². The third-order valence-electron chi connectivity index (χ3n) is 4.96. The summed E-state index contributed by atoms with van der Waals surface area (Å²) in [6.45, 7) is 2.60. The highest BCUT2D eigenvalue weighted by molar-refractivity contribution is 5.92. The first-order chi connectivity index (χ1) is 14.9. The first-order valence-electron chi connectivity index (χ1n) is 9.76. The van der Waals surface area contributed by atoms with Gasteiger partial charge in [-0.15, -0.1) is 0 Å². The molecule has 1 aromatic heterocycles. The zero-order chi connectivity index (χ0) is 22.5. The van der Waals surface area contributed by atoms with E-state index in [-0.39, 0.29) is 11.3 Å². The molecule has 0 N–H and O–H groups in total. The van der Waals surface area contributed by atoms with Crippen LogP contribution >= 0.6 is 0 Å². The molecular weight excluding hydrogens is 400 g/mol. The van der Waals surface area contributed by atoms with E-state index in [4.69, 9.17) is 18.9 Å². The van der Waals surface area contributed by atoms with Crippen LogP contribution in [-0.2, 0) is 13.1 Å². The van der Waals surface area contributed by atoms with Crippen molar-refractivity contribution in [2.75, 3.05) is 28.4 Å². The van der Waals surface area contributed by atoms with Gasteiger partial charge in [0, 0.05) is 25.5 Å². The Bertz CT molecular complexity index is 1150. The van der Waals surface area contributed by atoms with Crippen molar-refractivity contribution in [3.05, 3.63) is 58.5 Å². The minimum atomic E-state index is -0.555. The number of carbonyl (C=O) groups is 1. The quantitative estimate of drug-likeness (QED) is 0.574. The highest BCUT2D eigenvalue weighted by Gasteiger charge is 2.19. The largest absolute Gasteiger partial charge is 0.497 e. The average molecular weight is 426 g/mol. The van der Waals surface area contributed by atoms with Crippen LogP contribution in [0.3, 0.4) is 0 Å². The molecule has 0 spiro atoms. The Labute approximate surface area is 180 Å². The number of rotatable bonds is 7. The summed E-state index contributed by atoms with van der Waals surface area (Å²) >= 11 is 0. The van der Waals surface area contributed by atoms with E-state index in [1.807, 2.05) is 31.2 Å². The Kier molecular flexibility index (Phi) is 6.69. The number of benzene rings is 2. The van der Waals surface area contributed by atoms with Crippen molar-refractivity contribution in [3.63, 3.8) is 0 Å². The fraction of sp³-hybridized carbons (Fsp3) is 0.304. The molecule has 8 heteroatoms. The van der Waals surface area contributed by atoms with Gasteiger partial charge in [-0.25, -0.2) is 4.79 Å². The third kappa shape index (κ3) is 4.58. The molecule has 0 fully saturated rings. The predicted molar refractivity (Wildman–Crippen MR) is 117 cm³/mol. The fourth-order valence-corrected chi connectivity index (χ4v) is 3.28. The summed E-state index contributed by atoms with van der Waals surface area (Å²) in [5.74, 6) is 1.83. The molecule has 2 aromatic carbocycles.